The van der Waals surface area contributed by atoms with Gasteiger partial charge in [-0.1, -0.05) is 25.4 Å². The van der Waals surface area contributed by atoms with Gasteiger partial charge in [0.15, 0.2) is 0 Å². The highest BCUT2D eigenvalue weighted by atomic mass is 35.5. The summed E-state index contributed by atoms with van der Waals surface area (Å²) in [7, 11) is 0. The number of pyridine rings is 1. The summed E-state index contributed by atoms with van der Waals surface area (Å²) >= 11 is 5.54. The molecule has 6 nitrogen and oxygen atoms in total. The molecule has 1 aromatic rings. The molecular formula is C16H19ClF3N3O3. The van der Waals surface area contributed by atoms with Gasteiger partial charge in [0.25, 0.3) is 11.8 Å². The number of halogens is 4. The molecule has 10 heteroatoms. The van der Waals surface area contributed by atoms with Crippen molar-refractivity contribution < 1.29 is 27.9 Å². The number of amides is 2. The number of carbonyl (C=O) groups is 2. The van der Waals surface area contributed by atoms with Crippen LogP contribution in [-0.2, 0) is 15.8 Å². The second-order valence-electron chi connectivity index (χ2n) is 6.19. The molecule has 2 N–H and O–H groups in total. The first-order valence-electron chi connectivity index (χ1n) is 8.12. The topological polar surface area (TPSA) is 82.5 Å². The molecule has 1 aromatic heterocycles. The number of nitrogens with one attached hydrogen (secondary N) is 1. The van der Waals surface area contributed by atoms with Crippen molar-refractivity contribution in [2.24, 2.45) is 11.8 Å². The first kappa shape index (κ1) is 20.4. The number of imide groups is 1. The third-order valence-electron chi connectivity index (χ3n) is 4.41. The second kappa shape index (κ2) is 7.79. The maximum absolute atomic E-state index is 12.7. The molecule has 26 heavy (non-hydrogen) atoms. The summed E-state index contributed by atoms with van der Waals surface area (Å²) < 4.78 is 38.1. The molecule has 1 saturated heterocycles. The van der Waals surface area contributed by atoms with Crippen molar-refractivity contribution in [3.63, 3.8) is 0 Å². The summed E-state index contributed by atoms with van der Waals surface area (Å²) in [4.78, 5) is 28.3. The molecule has 144 valence electrons. The van der Waals surface area contributed by atoms with Crippen LogP contribution >= 0.6 is 11.6 Å². The van der Waals surface area contributed by atoms with E-state index >= 15 is 0 Å². The van der Waals surface area contributed by atoms with E-state index in [0.29, 0.717) is 19.3 Å². The van der Waals surface area contributed by atoms with Crippen LogP contribution in [0, 0.1) is 11.8 Å². The molecule has 0 aliphatic carbocycles. The van der Waals surface area contributed by atoms with Crippen LogP contribution in [0.5, 0.6) is 0 Å². The molecular weight excluding hydrogens is 375 g/mol. The molecule has 0 spiro atoms. The van der Waals surface area contributed by atoms with Gasteiger partial charge in [-0.15, -0.1) is 0 Å². The number of aromatic nitrogens is 1. The normalized spacial score (nSPS) is 22.0. The minimum Gasteiger partial charge on any atom is -0.393 e. The SMILES string of the molecule is CCC(O)CCC1C(=O)N(Nc2ccc(C(F)(F)F)c(Cl)n2)C(=O)C1C. The number of rotatable bonds is 6. The Balaban J connectivity index is 2.13. The molecule has 3 atom stereocenters. The van der Waals surface area contributed by atoms with Crippen LogP contribution in [0.15, 0.2) is 12.1 Å². The molecule has 2 amide bonds. The van der Waals surface area contributed by atoms with E-state index in [1.807, 2.05) is 6.92 Å². The maximum atomic E-state index is 12.7. The Morgan fingerprint density at radius 2 is 2.00 bits per heavy atom. The first-order chi connectivity index (χ1) is 12.1. The summed E-state index contributed by atoms with van der Waals surface area (Å²) in [5, 5.41) is 9.61. The average Bonchev–Trinajstić information content (AvgIpc) is 2.75. The smallest absolute Gasteiger partial charge is 0.393 e. The van der Waals surface area contributed by atoms with Gasteiger partial charge in [-0.05, 0) is 31.4 Å². The lowest BCUT2D eigenvalue weighted by molar-refractivity contribution is -0.139. The fourth-order valence-electron chi connectivity index (χ4n) is 2.75. The zero-order valence-corrected chi connectivity index (χ0v) is 14.9. The van der Waals surface area contributed by atoms with Crippen molar-refractivity contribution in [2.75, 3.05) is 5.43 Å². The summed E-state index contributed by atoms with van der Waals surface area (Å²) in [6.45, 7) is 3.40. The van der Waals surface area contributed by atoms with E-state index < -0.39 is 46.6 Å². The molecule has 0 aromatic carbocycles. The fraction of sp³-hybridized carbons (Fsp3) is 0.562. The number of carbonyl (C=O) groups excluding carboxylic acids is 2. The van der Waals surface area contributed by atoms with Gasteiger partial charge in [-0.25, -0.2) is 4.98 Å². The van der Waals surface area contributed by atoms with E-state index in [0.717, 1.165) is 17.1 Å². The Bertz CT molecular complexity index is 699. The molecule has 0 saturated carbocycles. The number of hydrogen-bond donors (Lipinski definition) is 2. The number of anilines is 1. The molecule has 1 aliphatic rings. The highest BCUT2D eigenvalue weighted by molar-refractivity contribution is 6.30. The molecule has 1 aliphatic heterocycles. The van der Waals surface area contributed by atoms with E-state index in [1.54, 1.807) is 6.92 Å². The van der Waals surface area contributed by atoms with Gasteiger partial charge in [-0.2, -0.15) is 18.2 Å². The van der Waals surface area contributed by atoms with E-state index in [2.05, 4.69) is 10.4 Å². The number of alkyl halides is 3. The van der Waals surface area contributed by atoms with Crippen LogP contribution in [0.1, 0.15) is 38.7 Å². The van der Waals surface area contributed by atoms with Gasteiger partial charge in [0.1, 0.15) is 11.0 Å². The van der Waals surface area contributed by atoms with Crippen LogP contribution < -0.4 is 5.43 Å². The van der Waals surface area contributed by atoms with Crippen molar-refractivity contribution in [1.29, 1.82) is 0 Å². The van der Waals surface area contributed by atoms with Gasteiger partial charge in [0.05, 0.1) is 17.6 Å². The number of nitrogens with zero attached hydrogens (tertiary/aromatic N) is 2. The number of aliphatic hydroxyl groups excluding tert-OH is 1. The molecule has 1 fully saturated rings. The highest BCUT2D eigenvalue weighted by Crippen LogP contribution is 2.35. The minimum absolute atomic E-state index is 0.147. The number of aliphatic hydroxyl groups is 1. The molecule has 3 unspecified atom stereocenters. The zero-order valence-electron chi connectivity index (χ0n) is 14.2. The molecule has 0 bridgehead atoms. The number of hydrazine groups is 1. The van der Waals surface area contributed by atoms with Crippen LogP contribution in [0.25, 0.3) is 0 Å². The Labute approximate surface area is 153 Å². The van der Waals surface area contributed by atoms with Crippen molar-refractivity contribution in [1.82, 2.24) is 9.99 Å². The summed E-state index contributed by atoms with van der Waals surface area (Å²) in [6.07, 6.45) is -3.95. The summed E-state index contributed by atoms with van der Waals surface area (Å²) in [5.41, 5.74) is 1.32. The largest absolute Gasteiger partial charge is 0.419 e. The minimum atomic E-state index is -4.65. The Morgan fingerprint density at radius 1 is 1.35 bits per heavy atom. The third-order valence-corrected chi connectivity index (χ3v) is 4.70. The van der Waals surface area contributed by atoms with E-state index in [4.69, 9.17) is 11.6 Å². The van der Waals surface area contributed by atoms with Gasteiger partial charge in [0.2, 0.25) is 0 Å². The first-order valence-corrected chi connectivity index (χ1v) is 8.50. The number of hydrogen-bond acceptors (Lipinski definition) is 5. The van der Waals surface area contributed by atoms with Crippen LogP contribution in [0.4, 0.5) is 19.0 Å². The Hall–Kier alpha value is -1.87. The van der Waals surface area contributed by atoms with Crippen molar-refractivity contribution in [2.45, 2.75) is 45.4 Å². The lowest BCUT2D eigenvalue weighted by atomic mass is 9.91. The zero-order chi connectivity index (χ0) is 19.6. The fourth-order valence-corrected chi connectivity index (χ4v) is 3.01. The molecule has 2 rings (SSSR count). The molecule has 0 radical (unpaired) electrons. The average molecular weight is 394 g/mol. The van der Waals surface area contributed by atoms with Crippen molar-refractivity contribution >= 4 is 29.2 Å². The van der Waals surface area contributed by atoms with Gasteiger partial charge in [0, 0.05) is 5.92 Å². The van der Waals surface area contributed by atoms with E-state index in [1.165, 1.54) is 0 Å². The Morgan fingerprint density at radius 3 is 2.54 bits per heavy atom. The standard InChI is InChI=1S/C16H19ClF3N3O3/c1-3-9(24)4-5-10-8(2)14(25)23(15(10)26)22-12-7-6-11(13(17)21-12)16(18,19)20/h6-10,24H,3-5H2,1-2H3,(H,21,22). The maximum Gasteiger partial charge on any atom is 0.419 e. The van der Waals surface area contributed by atoms with Gasteiger partial charge in [-0.3, -0.25) is 15.0 Å². The van der Waals surface area contributed by atoms with Crippen LogP contribution in [0.2, 0.25) is 5.15 Å². The summed E-state index contributed by atoms with van der Waals surface area (Å²) in [5.74, 6) is -2.39. The predicted octanol–water partition coefficient (Wildman–Crippen LogP) is 3.25. The second-order valence-corrected chi connectivity index (χ2v) is 6.55. The van der Waals surface area contributed by atoms with Gasteiger partial charge < -0.3 is 5.11 Å². The van der Waals surface area contributed by atoms with Crippen molar-refractivity contribution in [3.05, 3.63) is 22.8 Å². The lowest BCUT2D eigenvalue weighted by Gasteiger charge is -2.18. The monoisotopic (exact) mass is 393 g/mol. The van der Waals surface area contributed by atoms with E-state index in [-0.39, 0.29) is 5.82 Å². The highest BCUT2D eigenvalue weighted by Gasteiger charge is 2.45. The third kappa shape index (κ3) is 4.27. The molecule has 2 heterocycles. The lowest BCUT2D eigenvalue weighted by Crippen LogP contribution is -2.37. The van der Waals surface area contributed by atoms with E-state index in [9.17, 15) is 27.9 Å². The quantitative estimate of drug-likeness (QED) is 0.572. The predicted molar refractivity (Wildman–Crippen MR) is 87.9 cm³/mol. The van der Waals surface area contributed by atoms with Crippen LogP contribution in [-0.4, -0.2) is 33.0 Å². The summed E-state index contributed by atoms with van der Waals surface area (Å²) in [6, 6.07) is 1.72. The Kier molecular flexibility index (Phi) is 6.13. The van der Waals surface area contributed by atoms with Crippen LogP contribution in [0.3, 0.4) is 0 Å². The van der Waals surface area contributed by atoms with Gasteiger partial charge >= 0.3 is 6.18 Å². The van der Waals surface area contributed by atoms with Crippen molar-refractivity contribution in [3.8, 4) is 0 Å².